The van der Waals surface area contributed by atoms with Crippen molar-refractivity contribution in [2.75, 3.05) is 44.7 Å². The fraction of sp³-hybridized carbons (Fsp3) is 0.632. The second-order valence-electron chi connectivity index (χ2n) is 7.09. The molecule has 1 aromatic carbocycles. The second kappa shape index (κ2) is 9.21. The fourth-order valence-electron chi connectivity index (χ4n) is 3.66. The maximum absolute atomic E-state index is 12.7. The van der Waals surface area contributed by atoms with Crippen molar-refractivity contribution in [3.05, 3.63) is 29.8 Å². The molecule has 3 rings (SSSR count). The average Bonchev–Trinajstić information content (AvgIpc) is 2.67. The first kappa shape index (κ1) is 20.4. The highest BCUT2D eigenvalue weighted by Gasteiger charge is 2.30. The van der Waals surface area contributed by atoms with Crippen LogP contribution in [0.4, 0.5) is 18.9 Å². The van der Waals surface area contributed by atoms with E-state index in [4.69, 9.17) is 17.0 Å². The SMILES string of the molecule is FC(F)(F)c1ccc(NC(=S)N2CCCC[C@H]2CCN2CCOCC2)cc1. The number of benzene rings is 1. The number of ether oxygens (including phenoxy) is 1. The van der Waals surface area contributed by atoms with Crippen LogP contribution in [0, 0.1) is 0 Å². The van der Waals surface area contributed by atoms with Crippen LogP contribution in [0.25, 0.3) is 0 Å². The van der Waals surface area contributed by atoms with Crippen LogP contribution in [-0.2, 0) is 10.9 Å². The van der Waals surface area contributed by atoms with Gasteiger partial charge in [-0.15, -0.1) is 0 Å². The van der Waals surface area contributed by atoms with Gasteiger partial charge in [0.1, 0.15) is 0 Å². The Balaban J connectivity index is 1.56. The number of nitrogens with one attached hydrogen (secondary N) is 1. The molecule has 0 unspecified atom stereocenters. The Morgan fingerprint density at radius 1 is 1.11 bits per heavy atom. The van der Waals surface area contributed by atoms with Gasteiger partial charge in [0.25, 0.3) is 0 Å². The number of nitrogens with zero attached hydrogens (tertiary/aromatic N) is 2. The number of thiocarbonyl (C=S) groups is 1. The van der Waals surface area contributed by atoms with Crippen LogP contribution < -0.4 is 5.32 Å². The molecule has 2 fully saturated rings. The van der Waals surface area contributed by atoms with Crippen molar-refractivity contribution >= 4 is 23.0 Å². The Morgan fingerprint density at radius 3 is 2.48 bits per heavy atom. The summed E-state index contributed by atoms with van der Waals surface area (Å²) in [5.41, 5.74) is -0.0640. The topological polar surface area (TPSA) is 27.7 Å². The molecule has 4 nitrogen and oxygen atoms in total. The monoisotopic (exact) mass is 401 g/mol. The lowest BCUT2D eigenvalue weighted by Crippen LogP contribution is -2.47. The van der Waals surface area contributed by atoms with Crippen molar-refractivity contribution in [2.45, 2.75) is 37.9 Å². The third-order valence-electron chi connectivity index (χ3n) is 5.23. The molecule has 2 saturated heterocycles. The molecule has 1 atom stereocenters. The summed E-state index contributed by atoms with van der Waals surface area (Å²) in [5, 5.41) is 3.71. The van der Waals surface area contributed by atoms with Crippen LogP contribution in [0.2, 0.25) is 0 Å². The lowest BCUT2D eigenvalue weighted by molar-refractivity contribution is -0.137. The Hall–Kier alpha value is -1.38. The number of anilines is 1. The van der Waals surface area contributed by atoms with Crippen molar-refractivity contribution in [3.8, 4) is 0 Å². The summed E-state index contributed by atoms with van der Waals surface area (Å²) in [6, 6.07) is 5.40. The van der Waals surface area contributed by atoms with E-state index >= 15 is 0 Å². The molecule has 27 heavy (non-hydrogen) atoms. The van der Waals surface area contributed by atoms with E-state index in [0.717, 1.165) is 70.8 Å². The summed E-state index contributed by atoms with van der Waals surface area (Å²) >= 11 is 5.57. The molecule has 8 heteroatoms. The summed E-state index contributed by atoms with van der Waals surface area (Å²) in [7, 11) is 0. The minimum atomic E-state index is -4.32. The summed E-state index contributed by atoms with van der Waals surface area (Å²) in [5.74, 6) is 0. The summed E-state index contributed by atoms with van der Waals surface area (Å²) in [4.78, 5) is 4.62. The normalized spacial score (nSPS) is 21.9. The third kappa shape index (κ3) is 5.80. The lowest BCUT2D eigenvalue weighted by Gasteiger charge is -2.39. The van der Waals surface area contributed by atoms with Crippen molar-refractivity contribution in [1.29, 1.82) is 0 Å². The van der Waals surface area contributed by atoms with Crippen LogP contribution in [0.5, 0.6) is 0 Å². The highest BCUT2D eigenvalue weighted by Crippen LogP contribution is 2.30. The van der Waals surface area contributed by atoms with Crippen molar-refractivity contribution in [2.24, 2.45) is 0 Å². The molecule has 0 amide bonds. The van der Waals surface area contributed by atoms with Crippen LogP contribution in [0.3, 0.4) is 0 Å². The molecule has 2 heterocycles. The Bertz CT molecular complexity index is 618. The first-order valence-corrected chi connectivity index (χ1v) is 9.89. The van der Waals surface area contributed by atoms with E-state index in [-0.39, 0.29) is 0 Å². The fourth-order valence-corrected chi connectivity index (χ4v) is 4.02. The van der Waals surface area contributed by atoms with E-state index in [2.05, 4.69) is 15.1 Å². The van der Waals surface area contributed by atoms with Gasteiger partial charge in [-0.2, -0.15) is 13.2 Å². The first-order valence-electron chi connectivity index (χ1n) is 9.48. The standard InChI is InChI=1S/C19H26F3N3OS/c20-19(21,22)15-4-6-16(7-5-15)23-18(27)25-9-2-1-3-17(25)8-10-24-11-13-26-14-12-24/h4-7,17H,1-3,8-14H2,(H,23,27)/t17-/m0/s1. The van der Waals surface area contributed by atoms with Crippen LogP contribution >= 0.6 is 12.2 Å². The number of halogens is 3. The second-order valence-corrected chi connectivity index (χ2v) is 7.48. The number of hydrogen-bond acceptors (Lipinski definition) is 3. The highest BCUT2D eigenvalue weighted by molar-refractivity contribution is 7.80. The minimum Gasteiger partial charge on any atom is -0.379 e. The summed E-state index contributed by atoms with van der Waals surface area (Å²) in [6.07, 6.45) is 0.0839. The maximum atomic E-state index is 12.7. The van der Waals surface area contributed by atoms with Gasteiger partial charge in [0.05, 0.1) is 18.8 Å². The zero-order valence-corrected chi connectivity index (χ0v) is 16.1. The lowest BCUT2D eigenvalue weighted by atomic mass is 9.99. The first-order chi connectivity index (χ1) is 12.9. The smallest absolute Gasteiger partial charge is 0.379 e. The molecule has 1 N–H and O–H groups in total. The molecule has 0 radical (unpaired) electrons. The Kier molecular flexibility index (Phi) is 6.94. The molecule has 1 aromatic rings. The highest BCUT2D eigenvalue weighted by atomic mass is 32.1. The van der Waals surface area contributed by atoms with E-state index in [1.165, 1.54) is 18.6 Å². The van der Waals surface area contributed by atoms with E-state index in [0.29, 0.717) is 16.8 Å². The Labute approximate surface area is 163 Å². The van der Waals surface area contributed by atoms with E-state index in [9.17, 15) is 13.2 Å². The number of morpholine rings is 1. The third-order valence-corrected chi connectivity index (χ3v) is 5.57. The van der Waals surface area contributed by atoms with Gasteiger partial charge in [-0.05, 0) is 62.2 Å². The molecule has 150 valence electrons. The largest absolute Gasteiger partial charge is 0.416 e. The van der Waals surface area contributed by atoms with Crippen molar-refractivity contribution in [1.82, 2.24) is 9.80 Å². The van der Waals surface area contributed by atoms with Crippen LogP contribution in [-0.4, -0.2) is 60.3 Å². The van der Waals surface area contributed by atoms with Gasteiger partial charge in [0, 0.05) is 37.9 Å². The predicted octanol–water partition coefficient (Wildman–Crippen LogP) is 3.98. The zero-order valence-electron chi connectivity index (χ0n) is 15.3. The van der Waals surface area contributed by atoms with Gasteiger partial charge in [0.15, 0.2) is 5.11 Å². The number of piperidine rings is 1. The molecule has 0 saturated carbocycles. The number of hydrogen-bond donors (Lipinski definition) is 1. The maximum Gasteiger partial charge on any atom is 0.416 e. The predicted molar refractivity (Wildman–Crippen MR) is 104 cm³/mol. The van der Waals surface area contributed by atoms with Gasteiger partial charge in [-0.1, -0.05) is 0 Å². The molecule has 0 aliphatic carbocycles. The summed E-state index contributed by atoms with van der Waals surface area (Å²) in [6.45, 7) is 5.44. The van der Waals surface area contributed by atoms with E-state index in [1.807, 2.05) is 0 Å². The van der Waals surface area contributed by atoms with Crippen molar-refractivity contribution in [3.63, 3.8) is 0 Å². The quantitative estimate of drug-likeness (QED) is 0.771. The molecule has 2 aliphatic rings. The van der Waals surface area contributed by atoms with Crippen molar-refractivity contribution < 1.29 is 17.9 Å². The molecular weight excluding hydrogens is 375 g/mol. The van der Waals surface area contributed by atoms with Gasteiger partial charge in [-0.3, -0.25) is 4.90 Å². The number of alkyl halides is 3. The van der Waals surface area contributed by atoms with E-state index in [1.54, 1.807) is 0 Å². The van der Waals surface area contributed by atoms with Gasteiger partial charge in [-0.25, -0.2) is 0 Å². The number of likely N-dealkylation sites (tertiary alicyclic amines) is 1. The summed E-state index contributed by atoms with van der Waals surface area (Å²) < 4.78 is 43.5. The van der Waals surface area contributed by atoms with Gasteiger partial charge in [0.2, 0.25) is 0 Å². The van der Waals surface area contributed by atoms with Gasteiger partial charge >= 0.3 is 6.18 Å². The van der Waals surface area contributed by atoms with Crippen LogP contribution in [0.1, 0.15) is 31.2 Å². The minimum absolute atomic E-state index is 0.371. The Morgan fingerprint density at radius 2 is 1.81 bits per heavy atom. The zero-order chi connectivity index (χ0) is 19.3. The van der Waals surface area contributed by atoms with E-state index < -0.39 is 11.7 Å². The molecule has 0 aromatic heterocycles. The molecule has 2 aliphatic heterocycles. The van der Waals surface area contributed by atoms with Gasteiger partial charge < -0.3 is 15.0 Å². The average molecular weight is 401 g/mol. The van der Waals surface area contributed by atoms with Crippen LogP contribution in [0.15, 0.2) is 24.3 Å². The molecule has 0 bridgehead atoms. The number of rotatable bonds is 4. The molecular formula is C19H26F3N3OS. The molecule has 0 spiro atoms.